The fourth-order valence-corrected chi connectivity index (χ4v) is 2.78. The van der Waals surface area contributed by atoms with E-state index in [9.17, 15) is 0 Å². The van der Waals surface area contributed by atoms with E-state index in [1.165, 1.54) is 44.2 Å². The van der Waals surface area contributed by atoms with Crippen molar-refractivity contribution in [3.63, 3.8) is 0 Å². The summed E-state index contributed by atoms with van der Waals surface area (Å²) in [5, 5.41) is 4.42. The Morgan fingerprint density at radius 1 is 1.24 bits per heavy atom. The van der Waals surface area contributed by atoms with E-state index in [0.717, 1.165) is 11.6 Å². The average Bonchev–Trinajstić information content (AvgIpc) is 2.29. The van der Waals surface area contributed by atoms with Gasteiger partial charge in [0.2, 0.25) is 0 Å². The first kappa shape index (κ1) is 12.9. The zero-order chi connectivity index (χ0) is 12.1. The normalized spacial score (nSPS) is 17.8. The van der Waals surface area contributed by atoms with Gasteiger partial charge in [0.1, 0.15) is 0 Å². The molecule has 0 aromatic heterocycles. The summed E-state index contributed by atoms with van der Waals surface area (Å²) in [4.78, 5) is 0. The van der Waals surface area contributed by atoms with Crippen molar-refractivity contribution >= 4 is 11.6 Å². The van der Waals surface area contributed by atoms with E-state index in [2.05, 4.69) is 24.4 Å². The smallest absolute Gasteiger partial charge is 0.0406 e. The van der Waals surface area contributed by atoms with Gasteiger partial charge in [-0.15, -0.1) is 0 Å². The standard InChI is InChI=1S/C15H22ClN/c1-2-10-17-12-15(8-3-9-15)11-13-4-6-14(16)7-5-13/h4-7,17H,2-3,8-12H2,1H3. The summed E-state index contributed by atoms with van der Waals surface area (Å²) in [5.74, 6) is 0. The summed E-state index contributed by atoms with van der Waals surface area (Å²) in [6, 6.07) is 8.34. The zero-order valence-electron chi connectivity index (χ0n) is 10.6. The molecule has 1 aromatic carbocycles. The Bertz CT molecular complexity index is 340. The summed E-state index contributed by atoms with van der Waals surface area (Å²) < 4.78 is 0. The first-order valence-corrected chi connectivity index (χ1v) is 7.07. The van der Waals surface area contributed by atoms with Gasteiger partial charge in [-0.1, -0.05) is 37.1 Å². The highest BCUT2D eigenvalue weighted by Crippen LogP contribution is 2.43. The Balaban J connectivity index is 1.92. The molecule has 0 unspecified atom stereocenters. The van der Waals surface area contributed by atoms with Gasteiger partial charge >= 0.3 is 0 Å². The molecule has 1 saturated carbocycles. The highest BCUT2D eigenvalue weighted by Gasteiger charge is 2.36. The molecule has 0 amide bonds. The summed E-state index contributed by atoms with van der Waals surface area (Å²) >= 11 is 5.92. The van der Waals surface area contributed by atoms with Crippen LogP contribution in [0, 0.1) is 5.41 Å². The lowest BCUT2D eigenvalue weighted by Crippen LogP contribution is -2.41. The molecule has 0 aliphatic heterocycles. The molecule has 0 radical (unpaired) electrons. The summed E-state index contributed by atoms with van der Waals surface area (Å²) in [6.07, 6.45) is 6.54. The van der Waals surface area contributed by atoms with Crippen LogP contribution >= 0.6 is 11.6 Å². The molecule has 2 heteroatoms. The van der Waals surface area contributed by atoms with Crippen LogP contribution in [0.15, 0.2) is 24.3 Å². The number of benzene rings is 1. The lowest BCUT2D eigenvalue weighted by Gasteiger charge is -2.42. The summed E-state index contributed by atoms with van der Waals surface area (Å²) in [6.45, 7) is 4.53. The third-order valence-electron chi connectivity index (χ3n) is 3.83. The maximum absolute atomic E-state index is 5.92. The molecule has 0 spiro atoms. The highest BCUT2D eigenvalue weighted by molar-refractivity contribution is 6.30. The van der Waals surface area contributed by atoms with Gasteiger partial charge in [0.05, 0.1) is 0 Å². The van der Waals surface area contributed by atoms with E-state index in [-0.39, 0.29) is 0 Å². The third kappa shape index (κ3) is 3.46. The van der Waals surface area contributed by atoms with Gasteiger partial charge in [-0.05, 0) is 55.3 Å². The first-order valence-electron chi connectivity index (χ1n) is 6.69. The Labute approximate surface area is 110 Å². The maximum Gasteiger partial charge on any atom is 0.0406 e. The average molecular weight is 252 g/mol. The van der Waals surface area contributed by atoms with Gasteiger partial charge < -0.3 is 5.32 Å². The van der Waals surface area contributed by atoms with Crippen molar-refractivity contribution in [1.29, 1.82) is 0 Å². The molecular weight excluding hydrogens is 230 g/mol. The highest BCUT2D eigenvalue weighted by atomic mass is 35.5. The van der Waals surface area contributed by atoms with Gasteiger partial charge in [-0.3, -0.25) is 0 Å². The Morgan fingerprint density at radius 2 is 1.94 bits per heavy atom. The van der Waals surface area contributed by atoms with E-state index < -0.39 is 0 Å². The predicted octanol–water partition coefficient (Wildman–Crippen LogP) is 4.05. The minimum Gasteiger partial charge on any atom is -0.316 e. The number of hydrogen-bond donors (Lipinski definition) is 1. The second kappa shape index (κ2) is 5.88. The van der Waals surface area contributed by atoms with E-state index in [1.807, 2.05) is 12.1 Å². The molecule has 0 atom stereocenters. The molecular formula is C15H22ClN. The van der Waals surface area contributed by atoms with Gasteiger partial charge in [-0.25, -0.2) is 0 Å². The van der Waals surface area contributed by atoms with E-state index in [4.69, 9.17) is 11.6 Å². The van der Waals surface area contributed by atoms with Gasteiger partial charge in [0.15, 0.2) is 0 Å². The predicted molar refractivity (Wildman–Crippen MR) is 74.6 cm³/mol. The van der Waals surface area contributed by atoms with Crippen LogP contribution in [0.25, 0.3) is 0 Å². The van der Waals surface area contributed by atoms with Gasteiger partial charge in [0.25, 0.3) is 0 Å². The fraction of sp³-hybridized carbons (Fsp3) is 0.600. The van der Waals surface area contributed by atoms with Crippen LogP contribution in [0.1, 0.15) is 38.2 Å². The van der Waals surface area contributed by atoms with Crippen LogP contribution in [0.5, 0.6) is 0 Å². The molecule has 0 saturated heterocycles. The SMILES string of the molecule is CCCNCC1(Cc2ccc(Cl)cc2)CCC1. The van der Waals surface area contributed by atoms with Crippen molar-refractivity contribution in [3.05, 3.63) is 34.9 Å². The Morgan fingerprint density at radius 3 is 2.47 bits per heavy atom. The largest absolute Gasteiger partial charge is 0.316 e. The number of nitrogens with one attached hydrogen (secondary N) is 1. The Kier molecular flexibility index (Phi) is 4.47. The number of halogens is 1. The van der Waals surface area contributed by atoms with Crippen LogP contribution in [0.4, 0.5) is 0 Å². The lowest BCUT2D eigenvalue weighted by molar-refractivity contribution is 0.130. The zero-order valence-corrected chi connectivity index (χ0v) is 11.4. The van der Waals surface area contributed by atoms with Crippen molar-refractivity contribution in [3.8, 4) is 0 Å². The third-order valence-corrected chi connectivity index (χ3v) is 4.09. The van der Waals surface area contributed by atoms with E-state index in [0.29, 0.717) is 5.41 Å². The van der Waals surface area contributed by atoms with E-state index >= 15 is 0 Å². The van der Waals surface area contributed by atoms with Crippen LogP contribution < -0.4 is 5.32 Å². The molecule has 1 nitrogen and oxygen atoms in total. The molecule has 0 bridgehead atoms. The van der Waals surface area contributed by atoms with Crippen molar-refractivity contribution in [2.45, 2.75) is 39.0 Å². The molecule has 1 aliphatic carbocycles. The Hall–Kier alpha value is -0.530. The monoisotopic (exact) mass is 251 g/mol. The van der Waals surface area contributed by atoms with Crippen molar-refractivity contribution in [1.82, 2.24) is 5.32 Å². The summed E-state index contributed by atoms with van der Waals surface area (Å²) in [5.41, 5.74) is 1.94. The maximum atomic E-state index is 5.92. The topological polar surface area (TPSA) is 12.0 Å². The second-order valence-corrected chi connectivity index (χ2v) is 5.77. The molecule has 1 aliphatic rings. The van der Waals surface area contributed by atoms with Crippen molar-refractivity contribution < 1.29 is 0 Å². The van der Waals surface area contributed by atoms with Crippen LogP contribution in [0.3, 0.4) is 0 Å². The molecule has 1 fully saturated rings. The van der Waals surface area contributed by atoms with Crippen molar-refractivity contribution in [2.75, 3.05) is 13.1 Å². The minimum atomic E-state index is 0.517. The van der Waals surface area contributed by atoms with E-state index in [1.54, 1.807) is 0 Å². The van der Waals surface area contributed by atoms with Crippen LogP contribution in [-0.2, 0) is 6.42 Å². The molecule has 1 aromatic rings. The molecule has 2 rings (SSSR count). The molecule has 94 valence electrons. The minimum absolute atomic E-state index is 0.517. The molecule has 1 N–H and O–H groups in total. The quantitative estimate of drug-likeness (QED) is 0.752. The second-order valence-electron chi connectivity index (χ2n) is 5.33. The first-order chi connectivity index (χ1) is 8.24. The molecule has 17 heavy (non-hydrogen) atoms. The lowest BCUT2D eigenvalue weighted by atomic mass is 9.65. The van der Waals surface area contributed by atoms with Gasteiger partial charge in [-0.2, -0.15) is 0 Å². The number of rotatable bonds is 6. The van der Waals surface area contributed by atoms with Gasteiger partial charge in [0, 0.05) is 11.6 Å². The fourth-order valence-electron chi connectivity index (χ4n) is 2.66. The number of hydrogen-bond acceptors (Lipinski definition) is 1. The van der Waals surface area contributed by atoms with Crippen LogP contribution in [0.2, 0.25) is 5.02 Å². The molecule has 0 heterocycles. The summed E-state index contributed by atoms with van der Waals surface area (Å²) in [7, 11) is 0. The van der Waals surface area contributed by atoms with Crippen molar-refractivity contribution in [2.24, 2.45) is 5.41 Å². The van der Waals surface area contributed by atoms with Crippen LogP contribution in [-0.4, -0.2) is 13.1 Å².